The van der Waals surface area contributed by atoms with Crippen molar-refractivity contribution in [2.24, 2.45) is 0 Å². The van der Waals surface area contributed by atoms with Crippen molar-refractivity contribution in [2.45, 2.75) is 20.3 Å². The van der Waals surface area contributed by atoms with Gasteiger partial charge in [-0.15, -0.1) is 0 Å². The summed E-state index contributed by atoms with van der Waals surface area (Å²) in [7, 11) is 0. The lowest BCUT2D eigenvalue weighted by atomic mass is 10.1. The van der Waals surface area contributed by atoms with Crippen LogP contribution in [0.15, 0.2) is 42.5 Å². The highest BCUT2D eigenvalue weighted by atomic mass is 15.2. The molecule has 0 bridgehead atoms. The van der Waals surface area contributed by atoms with Crippen LogP contribution in [0.1, 0.15) is 17.5 Å². The zero-order valence-electron chi connectivity index (χ0n) is 11.6. The predicted molar refractivity (Wildman–Crippen MR) is 82.5 cm³/mol. The summed E-state index contributed by atoms with van der Waals surface area (Å²) in [4.78, 5) is 2.43. The maximum absolute atomic E-state index is 3.51. The van der Waals surface area contributed by atoms with Crippen molar-refractivity contribution in [3.63, 3.8) is 0 Å². The Kier molecular flexibility index (Phi) is 3.16. The molecule has 0 aromatic heterocycles. The van der Waals surface area contributed by atoms with E-state index in [0.717, 1.165) is 19.5 Å². The number of nitrogens with zero attached hydrogens (tertiary/aromatic N) is 1. The lowest BCUT2D eigenvalue weighted by Gasteiger charge is -2.26. The lowest BCUT2D eigenvalue weighted by Crippen LogP contribution is -2.18. The van der Waals surface area contributed by atoms with E-state index in [1.54, 1.807) is 0 Å². The Bertz CT molecular complexity index is 590. The molecule has 2 aromatic rings. The van der Waals surface area contributed by atoms with Crippen LogP contribution in [0, 0.1) is 13.8 Å². The normalized spacial score (nSPS) is 14.5. The van der Waals surface area contributed by atoms with Crippen LogP contribution in [0.5, 0.6) is 0 Å². The number of aryl methyl sites for hydroxylation is 2. The first-order chi connectivity index (χ1) is 9.25. The molecule has 1 aliphatic heterocycles. The van der Waals surface area contributed by atoms with Gasteiger partial charge in [-0.1, -0.05) is 29.8 Å². The summed E-state index contributed by atoms with van der Waals surface area (Å²) in [5, 5.41) is 3.51. The smallest absolute Gasteiger partial charge is 0.0646 e. The number of fused-ring (bicyclic) bond motifs is 1. The van der Waals surface area contributed by atoms with Crippen molar-refractivity contribution in [3.8, 4) is 0 Å². The van der Waals surface area contributed by atoms with Crippen LogP contribution in [0.4, 0.5) is 17.1 Å². The monoisotopic (exact) mass is 252 g/mol. The molecule has 1 N–H and O–H groups in total. The van der Waals surface area contributed by atoms with Crippen molar-refractivity contribution < 1.29 is 0 Å². The molecule has 2 heteroatoms. The number of para-hydroxylation sites is 2. The molecule has 0 atom stereocenters. The van der Waals surface area contributed by atoms with Crippen molar-refractivity contribution >= 4 is 17.1 Å². The number of rotatable bonds is 1. The minimum atomic E-state index is 1.04. The Morgan fingerprint density at radius 3 is 2.68 bits per heavy atom. The summed E-state index contributed by atoms with van der Waals surface area (Å²) in [5.74, 6) is 0. The van der Waals surface area contributed by atoms with Gasteiger partial charge in [-0.25, -0.2) is 0 Å². The molecular weight excluding hydrogens is 232 g/mol. The highest BCUT2D eigenvalue weighted by Crippen LogP contribution is 2.35. The summed E-state index contributed by atoms with van der Waals surface area (Å²) < 4.78 is 0. The van der Waals surface area contributed by atoms with E-state index in [1.165, 1.54) is 28.2 Å². The van der Waals surface area contributed by atoms with Gasteiger partial charge in [-0.3, -0.25) is 0 Å². The number of hydrogen-bond donors (Lipinski definition) is 1. The van der Waals surface area contributed by atoms with Crippen LogP contribution >= 0.6 is 0 Å². The molecule has 0 unspecified atom stereocenters. The van der Waals surface area contributed by atoms with E-state index in [-0.39, 0.29) is 0 Å². The third-order valence-electron chi connectivity index (χ3n) is 3.71. The van der Waals surface area contributed by atoms with Crippen molar-refractivity contribution in [1.82, 2.24) is 0 Å². The van der Waals surface area contributed by atoms with Gasteiger partial charge in [0.1, 0.15) is 0 Å². The molecule has 2 nitrogen and oxygen atoms in total. The van der Waals surface area contributed by atoms with Gasteiger partial charge in [-0.05, 0) is 44.0 Å². The van der Waals surface area contributed by atoms with Gasteiger partial charge in [0.05, 0.1) is 11.4 Å². The molecule has 19 heavy (non-hydrogen) atoms. The van der Waals surface area contributed by atoms with E-state index in [2.05, 4.69) is 66.5 Å². The summed E-state index contributed by atoms with van der Waals surface area (Å²) in [6.45, 7) is 6.45. The van der Waals surface area contributed by atoms with Crippen molar-refractivity contribution in [2.75, 3.05) is 23.3 Å². The molecule has 3 rings (SSSR count). The first kappa shape index (κ1) is 12.1. The van der Waals surface area contributed by atoms with Gasteiger partial charge in [0, 0.05) is 18.8 Å². The Balaban J connectivity index is 2.09. The maximum atomic E-state index is 3.51. The fourth-order valence-electron chi connectivity index (χ4n) is 2.80. The van der Waals surface area contributed by atoms with E-state index in [4.69, 9.17) is 0 Å². The molecule has 0 saturated heterocycles. The molecule has 1 heterocycles. The second-order valence-electron chi connectivity index (χ2n) is 5.24. The Morgan fingerprint density at radius 2 is 1.84 bits per heavy atom. The predicted octanol–water partition coefficient (Wildman–Crippen LogP) is 4.26. The molecule has 1 aliphatic rings. The lowest BCUT2D eigenvalue weighted by molar-refractivity contribution is 0.861. The highest BCUT2D eigenvalue weighted by molar-refractivity contribution is 5.78. The zero-order valence-corrected chi connectivity index (χ0v) is 11.6. The summed E-state index contributed by atoms with van der Waals surface area (Å²) in [6.07, 6.45) is 1.15. The van der Waals surface area contributed by atoms with Gasteiger partial charge in [-0.2, -0.15) is 0 Å². The fraction of sp³-hybridized carbons (Fsp3) is 0.294. The fourth-order valence-corrected chi connectivity index (χ4v) is 2.80. The third-order valence-corrected chi connectivity index (χ3v) is 3.71. The van der Waals surface area contributed by atoms with E-state index >= 15 is 0 Å². The number of anilines is 3. The first-order valence-corrected chi connectivity index (χ1v) is 6.93. The average molecular weight is 252 g/mol. The first-order valence-electron chi connectivity index (χ1n) is 6.93. The van der Waals surface area contributed by atoms with Crippen LogP contribution in [0.25, 0.3) is 0 Å². The Hall–Kier alpha value is -1.96. The molecule has 0 amide bonds. The maximum Gasteiger partial charge on any atom is 0.0646 e. The van der Waals surface area contributed by atoms with Crippen LogP contribution in [0.2, 0.25) is 0 Å². The van der Waals surface area contributed by atoms with Crippen molar-refractivity contribution in [1.29, 1.82) is 0 Å². The number of benzene rings is 2. The van der Waals surface area contributed by atoms with Gasteiger partial charge in [0.15, 0.2) is 0 Å². The second-order valence-corrected chi connectivity index (χ2v) is 5.24. The largest absolute Gasteiger partial charge is 0.383 e. The molecule has 0 aliphatic carbocycles. The van der Waals surface area contributed by atoms with Gasteiger partial charge < -0.3 is 10.2 Å². The third kappa shape index (κ3) is 2.30. The Morgan fingerprint density at radius 1 is 1.00 bits per heavy atom. The summed E-state index contributed by atoms with van der Waals surface area (Å²) in [5.41, 5.74) is 6.51. The summed E-state index contributed by atoms with van der Waals surface area (Å²) in [6, 6.07) is 15.3. The molecule has 98 valence electrons. The highest BCUT2D eigenvalue weighted by Gasteiger charge is 2.17. The van der Waals surface area contributed by atoms with Crippen LogP contribution in [0.3, 0.4) is 0 Å². The molecule has 0 fully saturated rings. The molecule has 0 saturated carbocycles. The standard InChI is InChI=1S/C17H20N2/c1-13-8-9-16(14(2)12-13)19-11-5-10-18-15-6-3-4-7-17(15)19/h3-4,6-9,12,18H,5,10-11H2,1-2H3. The molecular formula is C17H20N2. The summed E-state index contributed by atoms with van der Waals surface area (Å²) >= 11 is 0. The zero-order chi connectivity index (χ0) is 13.2. The van der Waals surface area contributed by atoms with Crippen molar-refractivity contribution in [3.05, 3.63) is 53.6 Å². The van der Waals surface area contributed by atoms with Crippen LogP contribution in [-0.4, -0.2) is 13.1 Å². The van der Waals surface area contributed by atoms with E-state index in [0.29, 0.717) is 0 Å². The number of hydrogen-bond acceptors (Lipinski definition) is 2. The number of nitrogens with one attached hydrogen (secondary N) is 1. The second kappa shape index (κ2) is 4.96. The van der Waals surface area contributed by atoms with Crippen LogP contribution in [-0.2, 0) is 0 Å². The average Bonchev–Trinajstić information content (AvgIpc) is 2.61. The molecule has 0 radical (unpaired) electrons. The van der Waals surface area contributed by atoms with Gasteiger partial charge in [0.25, 0.3) is 0 Å². The molecule has 0 spiro atoms. The quantitative estimate of drug-likeness (QED) is 0.816. The SMILES string of the molecule is Cc1ccc(N2CCCNc3ccccc32)c(C)c1. The van der Waals surface area contributed by atoms with Crippen LogP contribution < -0.4 is 10.2 Å². The molecule has 2 aromatic carbocycles. The van der Waals surface area contributed by atoms with E-state index in [9.17, 15) is 0 Å². The topological polar surface area (TPSA) is 15.3 Å². The Labute approximate surface area is 115 Å². The van der Waals surface area contributed by atoms with Gasteiger partial charge in [0.2, 0.25) is 0 Å². The van der Waals surface area contributed by atoms with E-state index < -0.39 is 0 Å². The minimum Gasteiger partial charge on any atom is -0.383 e. The minimum absolute atomic E-state index is 1.04. The van der Waals surface area contributed by atoms with Gasteiger partial charge >= 0.3 is 0 Å². The van der Waals surface area contributed by atoms with E-state index in [1.807, 2.05) is 0 Å².